The lowest BCUT2D eigenvalue weighted by atomic mass is 9.83. The van der Waals surface area contributed by atoms with Crippen LogP contribution >= 0.6 is 11.8 Å². The van der Waals surface area contributed by atoms with E-state index in [0.717, 1.165) is 56.2 Å². The number of hydrogen-bond donors (Lipinski definition) is 2. The lowest BCUT2D eigenvalue weighted by molar-refractivity contribution is -0.127. The van der Waals surface area contributed by atoms with Crippen molar-refractivity contribution < 1.29 is 9.18 Å². The number of aromatic nitrogens is 3. The third-order valence-corrected chi connectivity index (χ3v) is 9.09. The van der Waals surface area contributed by atoms with Crippen molar-refractivity contribution in [2.75, 3.05) is 11.5 Å². The summed E-state index contributed by atoms with van der Waals surface area (Å²) in [5.41, 5.74) is 5.64. The van der Waals surface area contributed by atoms with Crippen molar-refractivity contribution in [3.8, 4) is 0 Å². The monoisotopic (exact) mass is 503 g/mol. The molecule has 2 saturated carbocycles. The van der Waals surface area contributed by atoms with Crippen LogP contribution in [0.1, 0.15) is 76.3 Å². The molecular formula is C25H34FN5O3S. The molecule has 3 heterocycles. The molecule has 2 aliphatic carbocycles. The lowest BCUT2D eigenvalue weighted by Crippen LogP contribution is -2.49. The zero-order valence-electron chi connectivity index (χ0n) is 20.0. The molecule has 0 spiro atoms. The minimum Gasteiger partial charge on any atom is -0.353 e. The number of nitrogens with zero attached hydrogens (tertiary/aromatic N) is 3. The maximum absolute atomic E-state index is 14.1. The predicted molar refractivity (Wildman–Crippen MR) is 135 cm³/mol. The summed E-state index contributed by atoms with van der Waals surface area (Å²) in [4.78, 5) is 44.0. The molecule has 0 radical (unpaired) electrons. The van der Waals surface area contributed by atoms with Crippen LogP contribution in [0.25, 0.3) is 11.0 Å². The minimum absolute atomic E-state index is 0.0146. The summed E-state index contributed by atoms with van der Waals surface area (Å²) < 4.78 is 17.0. The summed E-state index contributed by atoms with van der Waals surface area (Å²) in [6, 6.07) is 0.805. The molecule has 3 fully saturated rings. The molecule has 2 aromatic heterocycles. The Morgan fingerprint density at radius 1 is 1.00 bits per heavy atom. The summed E-state index contributed by atoms with van der Waals surface area (Å²) in [5.74, 6) is 1.19. The number of fused-ring (bicyclic) bond motifs is 1. The zero-order valence-corrected chi connectivity index (χ0v) is 20.8. The molecule has 0 unspecified atom stereocenters. The first-order valence-corrected chi connectivity index (χ1v) is 14.1. The molecule has 1 amide bonds. The molecular weight excluding hydrogens is 469 g/mol. The fourth-order valence-electron chi connectivity index (χ4n) is 6.07. The van der Waals surface area contributed by atoms with Crippen LogP contribution in [0.15, 0.2) is 21.9 Å². The number of carbonyl (C=O) groups is 1. The number of amides is 1. The van der Waals surface area contributed by atoms with E-state index in [-0.39, 0.29) is 52.7 Å². The fourth-order valence-corrected chi connectivity index (χ4v) is 7.15. The minimum atomic E-state index is -0.585. The maximum atomic E-state index is 14.1. The van der Waals surface area contributed by atoms with Crippen LogP contribution in [0.4, 0.5) is 4.39 Å². The van der Waals surface area contributed by atoms with Gasteiger partial charge in [-0.25, -0.2) is 14.2 Å². The van der Waals surface area contributed by atoms with Gasteiger partial charge in [-0.2, -0.15) is 11.8 Å². The third kappa shape index (κ3) is 4.91. The van der Waals surface area contributed by atoms with Gasteiger partial charge >= 0.3 is 5.69 Å². The number of pyridine rings is 1. The Morgan fingerprint density at radius 2 is 1.69 bits per heavy atom. The van der Waals surface area contributed by atoms with Gasteiger partial charge in [-0.3, -0.25) is 18.7 Å². The Morgan fingerprint density at radius 3 is 2.40 bits per heavy atom. The van der Waals surface area contributed by atoms with Crippen molar-refractivity contribution >= 4 is 28.7 Å². The van der Waals surface area contributed by atoms with Crippen LogP contribution in [0.5, 0.6) is 0 Å². The van der Waals surface area contributed by atoms with Crippen LogP contribution in [0.3, 0.4) is 0 Å². The largest absolute Gasteiger partial charge is 0.353 e. The number of thioether (sulfide) groups is 1. The van der Waals surface area contributed by atoms with Gasteiger partial charge < -0.3 is 11.1 Å². The van der Waals surface area contributed by atoms with Gasteiger partial charge in [-0.05, 0) is 68.9 Å². The average Bonchev–Trinajstić information content (AvgIpc) is 2.86. The molecule has 3 aliphatic rings. The van der Waals surface area contributed by atoms with Crippen LogP contribution < -0.4 is 22.3 Å². The normalized spacial score (nSPS) is 28.2. The first kappa shape index (κ1) is 24.5. The summed E-state index contributed by atoms with van der Waals surface area (Å²) in [6.45, 7) is 0. The SMILES string of the molecule is N[C@H]1CCCC[C@H]1C(=O)NC1CCC(n2c(=O)c3cc(F)cnc3n(C3CCSCC3)c2=O)CC1. The average molecular weight is 504 g/mol. The van der Waals surface area contributed by atoms with Gasteiger partial charge in [-0.15, -0.1) is 0 Å². The molecule has 0 aromatic carbocycles. The summed E-state index contributed by atoms with van der Waals surface area (Å²) in [7, 11) is 0. The molecule has 35 heavy (non-hydrogen) atoms. The second-order valence-electron chi connectivity index (χ2n) is 10.3. The van der Waals surface area contributed by atoms with E-state index in [2.05, 4.69) is 10.3 Å². The Labute approximate surface area is 207 Å². The Balaban J connectivity index is 1.39. The van der Waals surface area contributed by atoms with Gasteiger partial charge in [0, 0.05) is 24.2 Å². The van der Waals surface area contributed by atoms with Crippen molar-refractivity contribution in [1.29, 1.82) is 0 Å². The van der Waals surface area contributed by atoms with Crippen LogP contribution in [-0.4, -0.2) is 43.6 Å². The highest BCUT2D eigenvalue weighted by Crippen LogP contribution is 2.31. The Bertz CT molecular complexity index is 1200. The molecule has 3 N–H and O–H groups in total. The van der Waals surface area contributed by atoms with Gasteiger partial charge in [0.2, 0.25) is 5.91 Å². The van der Waals surface area contributed by atoms with Crippen LogP contribution in [-0.2, 0) is 4.79 Å². The predicted octanol–water partition coefficient (Wildman–Crippen LogP) is 2.88. The summed E-state index contributed by atoms with van der Waals surface area (Å²) in [5, 5.41) is 3.33. The van der Waals surface area contributed by atoms with Gasteiger partial charge in [0.25, 0.3) is 5.56 Å². The van der Waals surface area contributed by atoms with Crippen molar-refractivity contribution in [3.05, 3.63) is 38.9 Å². The summed E-state index contributed by atoms with van der Waals surface area (Å²) >= 11 is 1.85. The third-order valence-electron chi connectivity index (χ3n) is 8.04. The number of halogens is 1. The zero-order chi connectivity index (χ0) is 24.5. The molecule has 2 aromatic rings. The van der Waals surface area contributed by atoms with E-state index in [1.807, 2.05) is 11.8 Å². The number of hydrogen-bond acceptors (Lipinski definition) is 6. The van der Waals surface area contributed by atoms with Crippen LogP contribution in [0, 0.1) is 11.7 Å². The lowest BCUT2D eigenvalue weighted by Gasteiger charge is -2.33. The van der Waals surface area contributed by atoms with Gasteiger partial charge in [0.1, 0.15) is 11.5 Å². The van der Waals surface area contributed by atoms with Crippen molar-refractivity contribution in [3.63, 3.8) is 0 Å². The Kier molecular flexibility index (Phi) is 7.29. The number of nitrogens with one attached hydrogen (secondary N) is 1. The molecule has 5 rings (SSSR count). The first-order valence-electron chi connectivity index (χ1n) is 12.9. The van der Waals surface area contributed by atoms with Gasteiger partial charge in [-0.1, -0.05) is 12.8 Å². The van der Waals surface area contributed by atoms with Gasteiger partial charge in [0.05, 0.1) is 17.5 Å². The van der Waals surface area contributed by atoms with E-state index in [1.54, 1.807) is 4.57 Å². The van der Waals surface area contributed by atoms with Crippen molar-refractivity contribution in [1.82, 2.24) is 19.4 Å². The van der Waals surface area contributed by atoms with Crippen molar-refractivity contribution in [2.24, 2.45) is 11.7 Å². The first-order chi connectivity index (χ1) is 16.9. The quantitative estimate of drug-likeness (QED) is 0.664. The second kappa shape index (κ2) is 10.4. The number of nitrogens with two attached hydrogens (primary N) is 1. The van der Waals surface area contributed by atoms with E-state index in [1.165, 1.54) is 10.6 Å². The number of rotatable bonds is 4. The molecule has 10 heteroatoms. The highest BCUT2D eigenvalue weighted by atomic mass is 32.2. The number of carbonyl (C=O) groups excluding carboxylic acids is 1. The van der Waals surface area contributed by atoms with E-state index in [4.69, 9.17) is 5.73 Å². The second-order valence-corrected chi connectivity index (χ2v) is 11.5. The highest BCUT2D eigenvalue weighted by Gasteiger charge is 2.32. The molecule has 1 saturated heterocycles. The summed E-state index contributed by atoms with van der Waals surface area (Å²) in [6.07, 6.45) is 9.11. The van der Waals surface area contributed by atoms with Crippen molar-refractivity contribution in [2.45, 2.75) is 88.4 Å². The van der Waals surface area contributed by atoms with E-state index >= 15 is 0 Å². The van der Waals surface area contributed by atoms with Crippen LogP contribution in [0.2, 0.25) is 0 Å². The Hall–Kier alpha value is -2.20. The van der Waals surface area contributed by atoms with E-state index < -0.39 is 11.4 Å². The molecule has 0 bridgehead atoms. The molecule has 190 valence electrons. The smallest absolute Gasteiger partial charge is 0.333 e. The maximum Gasteiger partial charge on any atom is 0.333 e. The fraction of sp³-hybridized carbons (Fsp3) is 0.680. The topological polar surface area (TPSA) is 112 Å². The molecule has 2 atom stereocenters. The molecule has 1 aliphatic heterocycles. The van der Waals surface area contributed by atoms with Gasteiger partial charge in [0.15, 0.2) is 0 Å². The van der Waals surface area contributed by atoms with E-state index in [9.17, 15) is 18.8 Å². The molecule has 8 nitrogen and oxygen atoms in total. The highest BCUT2D eigenvalue weighted by molar-refractivity contribution is 7.99. The standard InChI is InChI=1S/C25H34FN5O3S/c26-15-13-20-22(28-14-15)30(18-9-11-35-12-10-18)25(34)31(24(20)33)17-7-5-16(6-8-17)29-23(32)19-3-1-2-4-21(19)27/h13-14,16-19,21H,1-12,27H2,(H,29,32)/t16?,17?,19-,21+/m1/s1. The van der Waals surface area contributed by atoms with E-state index in [0.29, 0.717) is 25.7 Å².